The molecule has 0 unspecified atom stereocenters. The van der Waals surface area contributed by atoms with Crippen LogP contribution in [0.1, 0.15) is 29.8 Å². The third kappa shape index (κ3) is 2.47. The van der Waals surface area contributed by atoms with E-state index in [4.69, 9.17) is 4.74 Å². The van der Waals surface area contributed by atoms with Crippen molar-refractivity contribution in [3.8, 4) is 0 Å². The summed E-state index contributed by atoms with van der Waals surface area (Å²) in [5, 5.41) is 4.00. The van der Waals surface area contributed by atoms with E-state index in [1.165, 1.54) is 17.5 Å². The first-order valence-corrected chi connectivity index (χ1v) is 10.2. The molecule has 1 aliphatic carbocycles. The van der Waals surface area contributed by atoms with Crippen LogP contribution in [0.4, 0.5) is 0 Å². The monoisotopic (exact) mass is 353 g/mol. The molecule has 3 fully saturated rings. The number of rotatable bonds is 5. The molecule has 132 valence electrons. The maximum Gasteiger partial charge on any atom is 0.272 e. The second kappa shape index (κ2) is 5.56. The van der Waals surface area contributed by atoms with Crippen LogP contribution in [-0.4, -0.2) is 65.8 Å². The summed E-state index contributed by atoms with van der Waals surface area (Å²) in [4.78, 5) is 14.1. The van der Waals surface area contributed by atoms with Gasteiger partial charge in [-0.05, 0) is 31.2 Å². The van der Waals surface area contributed by atoms with Crippen molar-refractivity contribution in [1.29, 1.82) is 0 Å². The van der Waals surface area contributed by atoms with Crippen molar-refractivity contribution in [2.24, 2.45) is 18.9 Å². The molecule has 8 heteroatoms. The molecule has 0 radical (unpaired) electrons. The van der Waals surface area contributed by atoms with Crippen LogP contribution in [0, 0.1) is 11.8 Å². The molecule has 2 saturated heterocycles. The van der Waals surface area contributed by atoms with E-state index in [0.29, 0.717) is 24.6 Å². The van der Waals surface area contributed by atoms with E-state index >= 15 is 0 Å². The van der Waals surface area contributed by atoms with Crippen LogP contribution in [0.2, 0.25) is 0 Å². The Morgan fingerprint density at radius 3 is 2.71 bits per heavy atom. The van der Waals surface area contributed by atoms with E-state index in [-0.39, 0.29) is 30.7 Å². The van der Waals surface area contributed by atoms with E-state index in [1.807, 2.05) is 0 Å². The molecule has 24 heavy (non-hydrogen) atoms. The average Bonchev–Trinajstić information content (AvgIpc) is 3.14. The molecule has 1 aromatic heterocycles. The summed E-state index contributed by atoms with van der Waals surface area (Å²) in [6.45, 7) is 1.78. The van der Waals surface area contributed by atoms with Gasteiger partial charge in [-0.1, -0.05) is 0 Å². The Bertz CT molecular complexity index is 747. The number of hydrogen-bond acceptors (Lipinski definition) is 5. The number of aromatic nitrogens is 2. The fraction of sp³-hybridized carbons (Fsp3) is 0.750. The third-order valence-corrected chi connectivity index (χ3v) is 8.32. The molecule has 3 aliphatic rings. The minimum atomic E-state index is -3.18. The predicted molar refractivity (Wildman–Crippen MR) is 87.3 cm³/mol. The first-order chi connectivity index (χ1) is 11.4. The highest BCUT2D eigenvalue weighted by molar-refractivity contribution is 7.93. The minimum Gasteiger partial charge on any atom is -0.381 e. The van der Waals surface area contributed by atoms with Gasteiger partial charge >= 0.3 is 0 Å². The fourth-order valence-electron chi connectivity index (χ4n) is 3.86. The minimum absolute atomic E-state index is 0.00293. The molecule has 1 spiro atoms. The molecule has 1 aromatic rings. The van der Waals surface area contributed by atoms with Gasteiger partial charge in [-0.25, -0.2) is 8.42 Å². The molecule has 1 amide bonds. The molecule has 4 rings (SSSR count). The van der Waals surface area contributed by atoms with Crippen LogP contribution in [0.5, 0.6) is 0 Å². The van der Waals surface area contributed by atoms with Gasteiger partial charge in [0.25, 0.3) is 5.91 Å². The average molecular weight is 353 g/mol. The zero-order valence-corrected chi connectivity index (χ0v) is 14.7. The van der Waals surface area contributed by atoms with Crippen LogP contribution in [-0.2, 0) is 21.6 Å². The Balaban J connectivity index is 1.44. The van der Waals surface area contributed by atoms with Gasteiger partial charge in [0.05, 0.1) is 12.4 Å². The number of sulfone groups is 1. The molecule has 0 aromatic carbocycles. The number of amides is 1. The van der Waals surface area contributed by atoms with Crippen molar-refractivity contribution >= 4 is 15.7 Å². The van der Waals surface area contributed by atoms with Crippen molar-refractivity contribution in [1.82, 2.24) is 14.7 Å². The summed E-state index contributed by atoms with van der Waals surface area (Å²) in [5.41, 5.74) is 0.488. The maximum absolute atomic E-state index is 12.6. The van der Waals surface area contributed by atoms with Crippen LogP contribution >= 0.6 is 0 Å². The lowest BCUT2D eigenvalue weighted by molar-refractivity contribution is 0.0222. The largest absolute Gasteiger partial charge is 0.381 e. The normalized spacial score (nSPS) is 27.4. The second-order valence-electron chi connectivity index (χ2n) is 7.35. The lowest BCUT2D eigenvalue weighted by Crippen LogP contribution is -2.68. The molecular formula is C16H23N3O4S. The van der Waals surface area contributed by atoms with Gasteiger partial charge in [0, 0.05) is 38.9 Å². The maximum atomic E-state index is 12.6. The van der Waals surface area contributed by atoms with E-state index < -0.39 is 14.6 Å². The van der Waals surface area contributed by atoms with Crippen LogP contribution in [0.25, 0.3) is 0 Å². The molecular weight excluding hydrogens is 330 g/mol. The van der Waals surface area contributed by atoms with E-state index in [1.54, 1.807) is 24.2 Å². The number of carbonyl (C=O) groups excluding carboxylic acids is 1. The van der Waals surface area contributed by atoms with Crippen molar-refractivity contribution in [3.63, 3.8) is 0 Å². The van der Waals surface area contributed by atoms with Crippen LogP contribution in [0.3, 0.4) is 0 Å². The molecule has 2 aliphatic heterocycles. The summed E-state index contributed by atoms with van der Waals surface area (Å²) in [7, 11) is -1.46. The topological polar surface area (TPSA) is 81.5 Å². The SMILES string of the molecule is Cn1nccc1C(=O)N1CC2(C1)[C@H](COCC1CC1)CCS2(=O)=O. The van der Waals surface area contributed by atoms with E-state index in [0.717, 1.165) is 6.61 Å². The number of nitrogens with zero attached hydrogens (tertiary/aromatic N) is 3. The summed E-state index contributed by atoms with van der Waals surface area (Å²) in [6.07, 6.45) is 4.66. The van der Waals surface area contributed by atoms with Gasteiger partial charge in [-0.15, -0.1) is 0 Å². The highest BCUT2D eigenvalue weighted by atomic mass is 32.2. The van der Waals surface area contributed by atoms with Crippen LogP contribution in [0.15, 0.2) is 12.3 Å². The molecule has 1 saturated carbocycles. The Labute approximate surface area is 141 Å². The molecule has 0 bridgehead atoms. The third-order valence-electron chi connectivity index (χ3n) is 5.71. The summed E-state index contributed by atoms with van der Waals surface area (Å²) < 4.78 is 31.7. The van der Waals surface area contributed by atoms with Gasteiger partial charge in [0.2, 0.25) is 0 Å². The van der Waals surface area contributed by atoms with Crippen molar-refractivity contribution in [2.75, 3.05) is 32.1 Å². The lowest BCUT2D eigenvalue weighted by Gasteiger charge is -2.49. The molecule has 0 N–H and O–H groups in total. The predicted octanol–water partition coefficient (Wildman–Crippen LogP) is 0.476. The lowest BCUT2D eigenvalue weighted by atomic mass is 9.83. The van der Waals surface area contributed by atoms with Gasteiger partial charge in [-0.2, -0.15) is 5.10 Å². The van der Waals surface area contributed by atoms with Crippen molar-refractivity contribution < 1.29 is 17.9 Å². The second-order valence-corrected chi connectivity index (χ2v) is 9.80. The number of ether oxygens (including phenoxy) is 1. The number of aryl methyl sites for hydroxylation is 1. The summed E-state index contributed by atoms with van der Waals surface area (Å²) in [6, 6.07) is 1.66. The molecule has 1 atom stereocenters. The van der Waals surface area contributed by atoms with Gasteiger partial charge in [0.1, 0.15) is 10.4 Å². The number of likely N-dealkylation sites (tertiary alicyclic amines) is 1. The number of carbonyl (C=O) groups is 1. The molecule has 7 nitrogen and oxygen atoms in total. The number of hydrogen-bond donors (Lipinski definition) is 0. The Kier molecular flexibility index (Phi) is 3.72. The van der Waals surface area contributed by atoms with E-state index in [9.17, 15) is 13.2 Å². The van der Waals surface area contributed by atoms with Crippen molar-refractivity contribution in [3.05, 3.63) is 18.0 Å². The summed E-state index contributed by atoms with van der Waals surface area (Å²) >= 11 is 0. The smallest absolute Gasteiger partial charge is 0.272 e. The van der Waals surface area contributed by atoms with Gasteiger partial charge < -0.3 is 9.64 Å². The van der Waals surface area contributed by atoms with Gasteiger partial charge in [0.15, 0.2) is 9.84 Å². The fourth-order valence-corrected chi connectivity index (χ4v) is 6.26. The zero-order valence-electron chi connectivity index (χ0n) is 13.8. The first-order valence-electron chi connectivity index (χ1n) is 8.50. The highest BCUT2D eigenvalue weighted by Gasteiger charge is 2.62. The highest BCUT2D eigenvalue weighted by Crippen LogP contribution is 2.45. The Morgan fingerprint density at radius 1 is 1.33 bits per heavy atom. The Hall–Kier alpha value is -1.41. The molecule has 3 heterocycles. The zero-order chi connectivity index (χ0) is 16.9. The standard InChI is InChI=1S/C16H23N3O4S/c1-18-14(4-6-17-18)15(20)19-10-16(11-19)13(5-7-24(16,21)22)9-23-8-12-2-3-12/h4,6,12-13H,2-3,5,7-11H2,1H3/t13-/m0/s1. The van der Waals surface area contributed by atoms with E-state index in [2.05, 4.69) is 5.10 Å². The summed E-state index contributed by atoms with van der Waals surface area (Å²) in [5.74, 6) is 0.721. The van der Waals surface area contributed by atoms with Crippen LogP contribution < -0.4 is 0 Å². The Morgan fingerprint density at radius 2 is 2.08 bits per heavy atom. The van der Waals surface area contributed by atoms with Gasteiger partial charge in [-0.3, -0.25) is 9.48 Å². The van der Waals surface area contributed by atoms with Crippen molar-refractivity contribution in [2.45, 2.75) is 24.0 Å². The quantitative estimate of drug-likeness (QED) is 0.769. The first kappa shape index (κ1) is 16.1.